The lowest BCUT2D eigenvalue weighted by atomic mass is 10.2. The molecule has 0 amide bonds. The van der Waals surface area contributed by atoms with Crippen molar-refractivity contribution in [1.29, 1.82) is 0 Å². The summed E-state index contributed by atoms with van der Waals surface area (Å²) in [5.74, 6) is 0. The molecule has 102 valence electrons. The zero-order valence-electron chi connectivity index (χ0n) is 10.0. The van der Waals surface area contributed by atoms with Gasteiger partial charge in [-0.15, -0.1) is 0 Å². The molecule has 0 radical (unpaired) electrons. The van der Waals surface area contributed by atoms with Crippen molar-refractivity contribution < 1.29 is 8.39 Å². The summed E-state index contributed by atoms with van der Waals surface area (Å²) in [4.78, 5) is 2.31. The van der Waals surface area contributed by atoms with Gasteiger partial charge in [0, 0.05) is 31.9 Å². The highest BCUT2D eigenvalue weighted by atomic mass is 32.2. The van der Waals surface area contributed by atoms with Gasteiger partial charge in [0.25, 0.3) is 0 Å². The minimum Gasteiger partial charge on any atom is -0.369 e. The van der Waals surface area contributed by atoms with Crippen LogP contribution in [-0.2, 0) is 15.4 Å². The summed E-state index contributed by atoms with van der Waals surface area (Å²) in [7, 11) is 0. The zero-order valence-corrected chi connectivity index (χ0v) is 10.9. The molecule has 2 rings (SSSR count). The maximum absolute atomic E-state index is 11.6. The Kier molecular flexibility index (Phi) is 6.32. The second-order valence-electron chi connectivity index (χ2n) is 3.88. The second kappa shape index (κ2) is 7.51. The predicted octanol–water partition coefficient (Wildman–Crippen LogP) is 2.06. The largest absolute Gasteiger partial charge is 0.369 e. The molecule has 0 aliphatic carbocycles. The maximum Gasteiger partial charge on any atom is 0.237 e. The Balaban J connectivity index is 0.00000162. The number of nitrogens with zero attached hydrogens (tertiary/aromatic N) is 2. The molecule has 0 saturated carbocycles. The number of benzene rings is 1. The summed E-state index contributed by atoms with van der Waals surface area (Å²) < 4.78 is 18.6. The minimum absolute atomic E-state index is 0. The van der Waals surface area contributed by atoms with Crippen molar-refractivity contribution in [3.63, 3.8) is 0 Å². The van der Waals surface area contributed by atoms with E-state index in [1.54, 1.807) is 0 Å². The van der Waals surface area contributed by atoms with Gasteiger partial charge in [-0.1, -0.05) is 25.6 Å². The molecule has 4 nitrogen and oxygen atoms in total. The first-order valence-corrected chi connectivity index (χ1v) is 6.94. The monoisotopic (exact) mass is 270 g/mol. The van der Waals surface area contributed by atoms with Crippen molar-refractivity contribution in [2.45, 2.75) is 14.4 Å². The Morgan fingerprint density at radius 3 is 2.33 bits per heavy atom. The highest BCUT2D eigenvalue weighted by Gasteiger charge is 2.21. The molecule has 5 heteroatoms. The van der Waals surface area contributed by atoms with Gasteiger partial charge in [-0.25, -0.2) is 4.21 Å². The average molecular weight is 270 g/mol. The number of hydrogen-bond acceptors (Lipinski definition) is 3. The van der Waals surface area contributed by atoms with Crippen LogP contribution in [0.2, 0.25) is 0 Å². The standard InChI is InChI=1S/C12H18N2O2S.CH4/c1-2-16-17(15)14-10-8-13(9-11-14)12-6-4-3-5-7-12;/h3-7H,2,8-11H2,1H3;1H4. The predicted molar refractivity (Wildman–Crippen MR) is 76.7 cm³/mol. The molecule has 1 aliphatic rings. The average Bonchev–Trinajstić information content (AvgIpc) is 2.40. The van der Waals surface area contributed by atoms with Gasteiger partial charge in [-0.3, -0.25) is 4.18 Å². The van der Waals surface area contributed by atoms with Crippen LogP contribution in [-0.4, -0.2) is 41.3 Å². The Bertz CT molecular complexity index is 365. The topological polar surface area (TPSA) is 32.8 Å². The Labute approximate surface area is 112 Å². The molecule has 1 unspecified atom stereocenters. The Morgan fingerprint density at radius 2 is 1.78 bits per heavy atom. The van der Waals surface area contributed by atoms with Gasteiger partial charge in [-0.2, -0.15) is 4.31 Å². The molecule has 1 aromatic rings. The van der Waals surface area contributed by atoms with Crippen molar-refractivity contribution in [3.8, 4) is 0 Å². The molecule has 1 atom stereocenters. The first-order valence-electron chi connectivity index (χ1n) is 5.91. The zero-order chi connectivity index (χ0) is 12.1. The number of piperazine rings is 1. The van der Waals surface area contributed by atoms with Crippen LogP contribution in [0, 0.1) is 0 Å². The molecule has 18 heavy (non-hydrogen) atoms. The number of hydrogen-bond donors (Lipinski definition) is 0. The summed E-state index contributed by atoms with van der Waals surface area (Å²) in [5, 5.41) is 0. The minimum atomic E-state index is -1.27. The van der Waals surface area contributed by atoms with E-state index in [9.17, 15) is 4.21 Å². The lowest BCUT2D eigenvalue weighted by Crippen LogP contribution is -2.47. The molecular formula is C13H22N2O2S. The van der Waals surface area contributed by atoms with E-state index in [1.807, 2.05) is 29.4 Å². The van der Waals surface area contributed by atoms with Crippen molar-refractivity contribution in [1.82, 2.24) is 4.31 Å². The van der Waals surface area contributed by atoms with E-state index in [1.165, 1.54) is 5.69 Å². The van der Waals surface area contributed by atoms with Crippen LogP contribution in [0.25, 0.3) is 0 Å². The number of para-hydroxylation sites is 1. The van der Waals surface area contributed by atoms with Gasteiger partial charge in [0.2, 0.25) is 11.3 Å². The lowest BCUT2D eigenvalue weighted by molar-refractivity contribution is 0.307. The van der Waals surface area contributed by atoms with E-state index in [0.29, 0.717) is 6.61 Å². The fraction of sp³-hybridized carbons (Fsp3) is 0.538. The van der Waals surface area contributed by atoms with Crippen molar-refractivity contribution in [2.75, 3.05) is 37.7 Å². The molecular weight excluding hydrogens is 248 g/mol. The SMILES string of the molecule is C.CCOS(=O)N1CCN(c2ccccc2)CC1. The van der Waals surface area contributed by atoms with Crippen LogP contribution >= 0.6 is 0 Å². The van der Waals surface area contributed by atoms with E-state index in [2.05, 4.69) is 17.0 Å². The quantitative estimate of drug-likeness (QED) is 0.839. The molecule has 1 aliphatic heterocycles. The van der Waals surface area contributed by atoms with Gasteiger partial charge >= 0.3 is 0 Å². The molecule has 1 fully saturated rings. The van der Waals surface area contributed by atoms with E-state index in [0.717, 1.165) is 26.2 Å². The van der Waals surface area contributed by atoms with Crippen molar-refractivity contribution in [3.05, 3.63) is 30.3 Å². The third kappa shape index (κ3) is 3.80. The summed E-state index contributed by atoms with van der Waals surface area (Å²) >= 11 is -1.27. The smallest absolute Gasteiger partial charge is 0.237 e. The van der Waals surface area contributed by atoms with Gasteiger partial charge < -0.3 is 4.90 Å². The van der Waals surface area contributed by atoms with Crippen LogP contribution in [0.4, 0.5) is 5.69 Å². The molecule has 1 heterocycles. The maximum atomic E-state index is 11.6. The normalized spacial score (nSPS) is 18.2. The molecule has 0 aromatic heterocycles. The number of rotatable bonds is 4. The first-order chi connectivity index (χ1) is 8.31. The summed E-state index contributed by atoms with van der Waals surface area (Å²) in [5.41, 5.74) is 1.23. The summed E-state index contributed by atoms with van der Waals surface area (Å²) in [6, 6.07) is 10.3. The van der Waals surface area contributed by atoms with E-state index >= 15 is 0 Å². The van der Waals surface area contributed by atoms with Crippen LogP contribution in [0.5, 0.6) is 0 Å². The van der Waals surface area contributed by atoms with Gasteiger partial charge in [0.15, 0.2) is 0 Å². The molecule has 0 spiro atoms. The lowest BCUT2D eigenvalue weighted by Gasteiger charge is -2.34. The third-order valence-electron chi connectivity index (χ3n) is 2.79. The van der Waals surface area contributed by atoms with Crippen molar-refractivity contribution >= 4 is 17.0 Å². The molecule has 1 saturated heterocycles. The highest BCUT2D eigenvalue weighted by molar-refractivity contribution is 7.77. The van der Waals surface area contributed by atoms with Gasteiger partial charge in [-0.05, 0) is 19.1 Å². The molecule has 1 aromatic carbocycles. The molecule has 0 N–H and O–H groups in total. The third-order valence-corrected chi connectivity index (χ3v) is 4.01. The van der Waals surface area contributed by atoms with E-state index in [-0.39, 0.29) is 7.43 Å². The van der Waals surface area contributed by atoms with E-state index in [4.69, 9.17) is 4.18 Å². The fourth-order valence-corrected chi connectivity index (χ4v) is 2.72. The highest BCUT2D eigenvalue weighted by Crippen LogP contribution is 2.16. The second-order valence-corrected chi connectivity index (χ2v) is 5.06. The van der Waals surface area contributed by atoms with Crippen LogP contribution < -0.4 is 4.90 Å². The summed E-state index contributed by atoms with van der Waals surface area (Å²) in [6.45, 7) is 5.69. The Morgan fingerprint density at radius 1 is 1.17 bits per heavy atom. The number of anilines is 1. The Hall–Kier alpha value is -0.910. The van der Waals surface area contributed by atoms with Crippen LogP contribution in [0.1, 0.15) is 14.4 Å². The van der Waals surface area contributed by atoms with E-state index < -0.39 is 11.3 Å². The summed E-state index contributed by atoms with van der Waals surface area (Å²) in [6.07, 6.45) is 0. The van der Waals surface area contributed by atoms with Crippen molar-refractivity contribution in [2.24, 2.45) is 0 Å². The molecule has 0 bridgehead atoms. The van der Waals surface area contributed by atoms with Crippen LogP contribution in [0.15, 0.2) is 30.3 Å². The van der Waals surface area contributed by atoms with Crippen LogP contribution in [0.3, 0.4) is 0 Å². The fourth-order valence-electron chi connectivity index (χ4n) is 1.91. The van der Waals surface area contributed by atoms with Gasteiger partial charge in [0.05, 0.1) is 6.61 Å². The first kappa shape index (κ1) is 15.1. The van der Waals surface area contributed by atoms with Gasteiger partial charge in [0.1, 0.15) is 0 Å².